The third-order valence-electron chi connectivity index (χ3n) is 2.67. The van der Waals surface area contributed by atoms with Crippen molar-refractivity contribution in [1.82, 2.24) is 4.98 Å². The number of nitrogen functional groups attached to an aromatic ring is 1. The normalized spacial score (nSPS) is 9.76. The van der Waals surface area contributed by atoms with Gasteiger partial charge in [-0.2, -0.15) is 5.26 Å². The molecule has 0 radical (unpaired) electrons. The smallest absolute Gasteiger partial charge is 0.341 e. The molecule has 0 aliphatic carbocycles. The second kappa shape index (κ2) is 6.24. The van der Waals surface area contributed by atoms with Crippen LogP contribution in [0.1, 0.15) is 15.9 Å². The zero-order valence-corrected chi connectivity index (χ0v) is 12.6. The summed E-state index contributed by atoms with van der Waals surface area (Å²) >= 11 is 3.33. The monoisotopic (exact) mass is 346 g/mol. The fourth-order valence-electron chi connectivity index (χ4n) is 1.69. The van der Waals surface area contributed by atoms with Gasteiger partial charge in [-0.1, -0.05) is 15.9 Å². The first-order chi connectivity index (χ1) is 10.0. The molecule has 106 valence electrons. The van der Waals surface area contributed by atoms with Crippen LogP contribution in [-0.2, 0) is 4.74 Å². The number of nitrogens with one attached hydrogen (secondary N) is 1. The summed E-state index contributed by atoms with van der Waals surface area (Å²) < 4.78 is 5.49. The fourth-order valence-corrected chi connectivity index (χ4v) is 2.05. The number of anilines is 3. The Labute approximate surface area is 129 Å². The van der Waals surface area contributed by atoms with E-state index in [1.54, 1.807) is 18.2 Å². The van der Waals surface area contributed by atoms with Crippen LogP contribution >= 0.6 is 15.9 Å². The summed E-state index contributed by atoms with van der Waals surface area (Å²) in [5, 5.41) is 12.1. The van der Waals surface area contributed by atoms with Crippen molar-refractivity contribution in [3.05, 3.63) is 46.1 Å². The zero-order chi connectivity index (χ0) is 15.4. The topological polar surface area (TPSA) is 101 Å². The van der Waals surface area contributed by atoms with Crippen molar-refractivity contribution in [2.24, 2.45) is 0 Å². The molecule has 0 saturated carbocycles. The number of nitrogens with zero attached hydrogens (tertiary/aromatic N) is 2. The Hall–Kier alpha value is -2.59. The van der Waals surface area contributed by atoms with E-state index in [1.165, 1.54) is 19.4 Å². The van der Waals surface area contributed by atoms with E-state index in [-0.39, 0.29) is 11.4 Å². The third-order valence-corrected chi connectivity index (χ3v) is 3.16. The van der Waals surface area contributed by atoms with Crippen molar-refractivity contribution in [1.29, 1.82) is 5.26 Å². The average Bonchev–Trinajstić information content (AvgIpc) is 2.48. The predicted molar refractivity (Wildman–Crippen MR) is 82.1 cm³/mol. The van der Waals surface area contributed by atoms with Gasteiger partial charge in [0.15, 0.2) is 0 Å². The van der Waals surface area contributed by atoms with Gasteiger partial charge in [-0.3, -0.25) is 0 Å². The highest BCUT2D eigenvalue weighted by Gasteiger charge is 2.15. The number of halogens is 1. The Morgan fingerprint density at radius 2 is 2.24 bits per heavy atom. The number of hydrogen-bond donors (Lipinski definition) is 2. The minimum Gasteiger partial charge on any atom is -0.465 e. The standard InChI is InChI=1S/C14H11BrN4O2/c1-21-14(20)11-5-10(17)7-18-13(11)19-12-4-9(15)3-2-8(12)6-16/h2-5,7H,17H2,1H3,(H,18,19). The predicted octanol–water partition coefficient (Wildman–Crippen LogP) is 2.83. The number of benzene rings is 1. The van der Waals surface area contributed by atoms with Gasteiger partial charge in [0.25, 0.3) is 0 Å². The lowest BCUT2D eigenvalue weighted by atomic mass is 10.2. The van der Waals surface area contributed by atoms with E-state index < -0.39 is 5.97 Å². The Morgan fingerprint density at radius 3 is 2.90 bits per heavy atom. The molecular weight excluding hydrogens is 336 g/mol. The first kappa shape index (κ1) is 14.8. The van der Waals surface area contributed by atoms with Gasteiger partial charge in [-0.25, -0.2) is 9.78 Å². The van der Waals surface area contributed by atoms with Gasteiger partial charge in [-0.15, -0.1) is 0 Å². The number of nitrogens with two attached hydrogens (primary N) is 1. The highest BCUT2D eigenvalue weighted by atomic mass is 79.9. The van der Waals surface area contributed by atoms with Crippen LogP contribution in [0.4, 0.5) is 17.2 Å². The second-order valence-electron chi connectivity index (χ2n) is 4.08. The Balaban J connectivity index is 2.47. The van der Waals surface area contributed by atoms with Crippen LogP contribution in [0.25, 0.3) is 0 Å². The molecule has 6 nitrogen and oxygen atoms in total. The number of rotatable bonds is 3. The van der Waals surface area contributed by atoms with E-state index in [9.17, 15) is 4.79 Å². The quantitative estimate of drug-likeness (QED) is 0.828. The molecule has 2 aromatic rings. The van der Waals surface area contributed by atoms with Crippen molar-refractivity contribution < 1.29 is 9.53 Å². The molecule has 0 aliphatic rings. The van der Waals surface area contributed by atoms with Crippen molar-refractivity contribution >= 4 is 39.1 Å². The Kier molecular flexibility index (Phi) is 4.40. The maximum absolute atomic E-state index is 11.8. The van der Waals surface area contributed by atoms with Gasteiger partial charge in [0, 0.05) is 4.47 Å². The number of aromatic nitrogens is 1. The van der Waals surface area contributed by atoms with Crippen molar-refractivity contribution in [3.63, 3.8) is 0 Å². The summed E-state index contributed by atoms with van der Waals surface area (Å²) in [6.07, 6.45) is 1.42. The van der Waals surface area contributed by atoms with Crippen LogP contribution in [-0.4, -0.2) is 18.1 Å². The number of pyridine rings is 1. The lowest BCUT2D eigenvalue weighted by molar-refractivity contribution is 0.0601. The molecule has 0 bridgehead atoms. The minimum atomic E-state index is -0.564. The maximum atomic E-state index is 11.8. The first-order valence-corrected chi connectivity index (χ1v) is 6.65. The lowest BCUT2D eigenvalue weighted by Gasteiger charge is -2.11. The van der Waals surface area contributed by atoms with Gasteiger partial charge >= 0.3 is 5.97 Å². The van der Waals surface area contributed by atoms with E-state index in [4.69, 9.17) is 15.7 Å². The number of carbonyl (C=O) groups is 1. The summed E-state index contributed by atoms with van der Waals surface area (Å²) in [7, 11) is 1.27. The molecule has 3 N–H and O–H groups in total. The van der Waals surface area contributed by atoms with Gasteiger partial charge in [0.2, 0.25) is 0 Å². The van der Waals surface area contributed by atoms with Crippen LogP contribution in [0.2, 0.25) is 0 Å². The summed E-state index contributed by atoms with van der Waals surface area (Å²) in [6.45, 7) is 0. The molecule has 0 unspecified atom stereocenters. The molecule has 0 amide bonds. The minimum absolute atomic E-state index is 0.196. The van der Waals surface area contributed by atoms with Crippen LogP contribution in [0.5, 0.6) is 0 Å². The molecule has 0 aliphatic heterocycles. The van der Waals surface area contributed by atoms with E-state index in [1.807, 2.05) is 0 Å². The van der Waals surface area contributed by atoms with Crippen LogP contribution in [0.3, 0.4) is 0 Å². The lowest BCUT2D eigenvalue weighted by Crippen LogP contribution is -2.09. The number of esters is 1. The maximum Gasteiger partial charge on any atom is 0.341 e. The second-order valence-corrected chi connectivity index (χ2v) is 5.00. The largest absolute Gasteiger partial charge is 0.465 e. The average molecular weight is 347 g/mol. The molecular formula is C14H11BrN4O2. The summed E-state index contributed by atoms with van der Waals surface area (Å²) in [5.41, 5.74) is 7.12. The molecule has 0 fully saturated rings. The van der Waals surface area contributed by atoms with Crippen molar-refractivity contribution in [2.75, 3.05) is 18.2 Å². The third kappa shape index (κ3) is 3.30. The van der Waals surface area contributed by atoms with E-state index in [0.29, 0.717) is 16.9 Å². The number of methoxy groups -OCH3 is 1. The fraction of sp³-hybridized carbons (Fsp3) is 0.0714. The first-order valence-electron chi connectivity index (χ1n) is 5.85. The van der Waals surface area contributed by atoms with Crippen LogP contribution < -0.4 is 11.1 Å². The number of nitriles is 1. The molecule has 1 aromatic heterocycles. The molecule has 0 spiro atoms. The molecule has 21 heavy (non-hydrogen) atoms. The number of ether oxygens (including phenoxy) is 1. The molecule has 2 rings (SSSR count). The van der Waals surface area contributed by atoms with Gasteiger partial charge in [0.1, 0.15) is 17.5 Å². The van der Waals surface area contributed by atoms with Gasteiger partial charge in [0.05, 0.1) is 30.2 Å². The summed E-state index contributed by atoms with van der Waals surface area (Å²) in [6, 6.07) is 8.65. The van der Waals surface area contributed by atoms with E-state index >= 15 is 0 Å². The highest BCUT2D eigenvalue weighted by Crippen LogP contribution is 2.26. The zero-order valence-electron chi connectivity index (χ0n) is 11.1. The molecule has 1 aromatic carbocycles. The summed E-state index contributed by atoms with van der Waals surface area (Å²) in [5.74, 6) is -0.295. The highest BCUT2D eigenvalue weighted by molar-refractivity contribution is 9.10. The van der Waals surface area contributed by atoms with E-state index in [2.05, 4.69) is 32.3 Å². The van der Waals surface area contributed by atoms with Crippen LogP contribution in [0.15, 0.2) is 34.9 Å². The SMILES string of the molecule is COC(=O)c1cc(N)cnc1Nc1cc(Br)ccc1C#N. The summed E-state index contributed by atoms with van der Waals surface area (Å²) in [4.78, 5) is 15.9. The number of hydrogen-bond acceptors (Lipinski definition) is 6. The van der Waals surface area contributed by atoms with Crippen molar-refractivity contribution in [3.8, 4) is 6.07 Å². The number of carbonyl (C=O) groups excluding carboxylic acids is 1. The van der Waals surface area contributed by atoms with Crippen LogP contribution in [0, 0.1) is 11.3 Å². The Bertz CT molecular complexity index is 740. The molecule has 0 saturated heterocycles. The van der Waals surface area contributed by atoms with Gasteiger partial charge in [-0.05, 0) is 24.3 Å². The molecule has 7 heteroatoms. The van der Waals surface area contributed by atoms with E-state index in [0.717, 1.165) is 4.47 Å². The molecule has 0 atom stereocenters. The van der Waals surface area contributed by atoms with Crippen molar-refractivity contribution in [2.45, 2.75) is 0 Å². The molecule has 1 heterocycles. The van der Waals surface area contributed by atoms with Gasteiger partial charge < -0.3 is 15.8 Å². The Morgan fingerprint density at radius 1 is 1.48 bits per heavy atom.